The Balaban J connectivity index is 0.000000169. The standard InChI is InChI=1S/C6H5N3.2C2H4N4.C2H6/c1-2-4-6-5(3-1)7-9-8-6;1-6-2-3-4-5-6;1-2-3-5-6-4-2;1-2/h1-4H,(H,7,8,9);2H,1H3;1H3,(H,3,4,5,6);1-2H3. The summed E-state index contributed by atoms with van der Waals surface area (Å²) < 4.78 is 1.53. The van der Waals surface area contributed by atoms with E-state index in [2.05, 4.69) is 51.6 Å². The van der Waals surface area contributed by atoms with E-state index in [1.165, 1.54) is 11.0 Å². The summed E-state index contributed by atoms with van der Waals surface area (Å²) in [7, 11) is 1.76. The molecule has 11 heteroatoms. The highest BCUT2D eigenvalue weighted by Gasteiger charge is 1.90. The fourth-order valence-corrected chi connectivity index (χ4v) is 1.20. The molecule has 0 spiro atoms. The van der Waals surface area contributed by atoms with E-state index < -0.39 is 0 Å². The Morgan fingerprint density at radius 3 is 1.91 bits per heavy atom. The molecule has 0 bridgehead atoms. The molecule has 2 N–H and O–H groups in total. The first-order chi connectivity index (χ1) is 11.3. The number of aromatic nitrogens is 11. The summed E-state index contributed by atoms with van der Waals surface area (Å²) >= 11 is 0. The lowest BCUT2D eigenvalue weighted by Gasteiger charge is -1.78. The van der Waals surface area contributed by atoms with Crippen LogP contribution < -0.4 is 0 Å². The molecule has 11 nitrogen and oxygen atoms in total. The number of hydrogen-bond acceptors (Lipinski definition) is 8. The molecule has 3 heterocycles. The predicted octanol–water partition coefficient (Wildman–Crippen LogP) is 0.702. The van der Waals surface area contributed by atoms with Crippen LogP contribution in [-0.4, -0.2) is 56.2 Å². The smallest absolute Gasteiger partial charge is 0.171 e. The lowest BCUT2D eigenvalue weighted by Crippen LogP contribution is -1.85. The van der Waals surface area contributed by atoms with Crippen LogP contribution in [0.1, 0.15) is 19.7 Å². The van der Waals surface area contributed by atoms with Crippen molar-refractivity contribution < 1.29 is 0 Å². The van der Waals surface area contributed by atoms with Gasteiger partial charge in [-0.3, -0.25) is 0 Å². The Labute approximate surface area is 132 Å². The van der Waals surface area contributed by atoms with Gasteiger partial charge in [-0.05, 0) is 29.5 Å². The van der Waals surface area contributed by atoms with E-state index in [4.69, 9.17) is 0 Å². The zero-order valence-corrected chi connectivity index (χ0v) is 13.4. The molecule has 23 heavy (non-hydrogen) atoms. The minimum atomic E-state index is 0.676. The summed E-state index contributed by atoms with van der Waals surface area (Å²) in [5, 5.41) is 33.2. The van der Waals surface area contributed by atoms with Gasteiger partial charge in [-0.1, -0.05) is 31.2 Å². The van der Waals surface area contributed by atoms with E-state index in [-0.39, 0.29) is 0 Å². The van der Waals surface area contributed by atoms with Gasteiger partial charge in [-0.15, -0.1) is 15.3 Å². The van der Waals surface area contributed by atoms with Gasteiger partial charge in [-0.25, -0.2) is 4.68 Å². The van der Waals surface area contributed by atoms with Gasteiger partial charge in [0.15, 0.2) is 5.82 Å². The highest BCUT2D eigenvalue weighted by Crippen LogP contribution is 2.03. The molecule has 3 aromatic heterocycles. The van der Waals surface area contributed by atoms with Gasteiger partial charge < -0.3 is 0 Å². The van der Waals surface area contributed by atoms with Crippen LogP contribution in [0.15, 0.2) is 30.6 Å². The number of aromatic amines is 2. The second kappa shape index (κ2) is 10.5. The van der Waals surface area contributed by atoms with Crippen molar-refractivity contribution in [3.8, 4) is 0 Å². The molecular formula is C12H19N11. The molecule has 0 aliphatic carbocycles. The Bertz CT molecular complexity index is 667. The van der Waals surface area contributed by atoms with Crippen molar-refractivity contribution in [2.24, 2.45) is 7.05 Å². The number of nitrogens with one attached hydrogen (secondary N) is 2. The van der Waals surface area contributed by atoms with Gasteiger partial charge in [0, 0.05) is 7.05 Å². The van der Waals surface area contributed by atoms with Crippen LogP contribution in [0, 0.1) is 6.92 Å². The third-order valence-electron chi connectivity index (χ3n) is 2.13. The van der Waals surface area contributed by atoms with Gasteiger partial charge in [0.2, 0.25) is 0 Å². The van der Waals surface area contributed by atoms with Crippen molar-refractivity contribution in [1.29, 1.82) is 0 Å². The Morgan fingerprint density at radius 1 is 0.957 bits per heavy atom. The van der Waals surface area contributed by atoms with E-state index in [0.717, 1.165) is 11.0 Å². The zero-order valence-electron chi connectivity index (χ0n) is 13.4. The largest absolute Gasteiger partial charge is 0.236 e. The van der Waals surface area contributed by atoms with E-state index in [9.17, 15) is 0 Å². The Morgan fingerprint density at radius 2 is 1.61 bits per heavy atom. The normalized spacial score (nSPS) is 8.87. The average Bonchev–Trinajstić information content (AvgIpc) is 3.33. The number of benzene rings is 1. The number of aryl methyl sites for hydroxylation is 2. The fourth-order valence-electron chi connectivity index (χ4n) is 1.20. The van der Waals surface area contributed by atoms with E-state index in [1.54, 1.807) is 14.0 Å². The summed E-state index contributed by atoms with van der Waals surface area (Å²) in [5.41, 5.74) is 1.83. The molecule has 0 saturated carbocycles. The van der Waals surface area contributed by atoms with Crippen LogP contribution >= 0.6 is 0 Å². The number of hydrogen-bond donors (Lipinski definition) is 2. The van der Waals surface area contributed by atoms with E-state index in [1.807, 2.05) is 38.1 Å². The Hall–Kier alpha value is -3.24. The average molecular weight is 317 g/mol. The van der Waals surface area contributed by atoms with E-state index >= 15 is 0 Å². The summed E-state index contributed by atoms with van der Waals surface area (Å²) in [5.74, 6) is 0.676. The van der Waals surface area contributed by atoms with Crippen LogP contribution in [0.3, 0.4) is 0 Å². The maximum Gasteiger partial charge on any atom is 0.171 e. The summed E-state index contributed by atoms with van der Waals surface area (Å²) in [6.45, 7) is 5.77. The van der Waals surface area contributed by atoms with Crippen molar-refractivity contribution in [3.63, 3.8) is 0 Å². The van der Waals surface area contributed by atoms with Gasteiger partial charge >= 0.3 is 0 Å². The van der Waals surface area contributed by atoms with Crippen LogP contribution in [-0.2, 0) is 7.05 Å². The van der Waals surface area contributed by atoms with Gasteiger partial charge in [-0.2, -0.15) is 20.6 Å². The SMILES string of the molecule is CC.Cc1nn[nH]n1.Cn1cnnn1.c1ccc2n[nH]nc2c1. The molecule has 4 rings (SSSR count). The summed E-state index contributed by atoms with van der Waals surface area (Å²) in [4.78, 5) is 0. The van der Waals surface area contributed by atoms with Crippen molar-refractivity contribution in [3.05, 3.63) is 36.4 Å². The molecule has 0 aliphatic heterocycles. The lowest BCUT2D eigenvalue weighted by molar-refractivity contribution is 0.710. The number of fused-ring (bicyclic) bond motifs is 1. The summed E-state index contributed by atoms with van der Waals surface area (Å²) in [6.07, 6.45) is 1.53. The van der Waals surface area contributed by atoms with Crippen molar-refractivity contribution in [2.75, 3.05) is 0 Å². The van der Waals surface area contributed by atoms with Crippen molar-refractivity contribution in [2.45, 2.75) is 20.8 Å². The Kier molecular flexibility index (Phi) is 8.12. The topological polar surface area (TPSA) is 140 Å². The number of para-hydroxylation sites is 2. The third-order valence-corrected chi connectivity index (χ3v) is 2.13. The first-order valence-electron chi connectivity index (χ1n) is 6.88. The summed E-state index contributed by atoms with van der Waals surface area (Å²) in [6, 6.07) is 7.70. The number of H-pyrrole nitrogens is 2. The minimum absolute atomic E-state index is 0.676. The molecule has 0 amide bonds. The van der Waals surface area contributed by atoms with Crippen LogP contribution in [0.2, 0.25) is 0 Å². The van der Waals surface area contributed by atoms with Crippen LogP contribution in [0.5, 0.6) is 0 Å². The molecule has 0 aliphatic rings. The van der Waals surface area contributed by atoms with Crippen LogP contribution in [0.4, 0.5) is 0 Å². The molecule has 1 aromatic carbocycles. The molecule has 0 radical (unpaired) electrons. The molecule has 0 saturated heterocycles. The van der Waals surface area contributed by atoms with Gasteiger partial charge in [0.1, 0.15) is 17.4 Å². The van der Waals surface area contributed by atoms with E-state index in [0.29, 0.717) is 5.82 Å². The highest BCUT2D eigenvalue weighted by molar-refractivity contribution is 5.72. The quantitative estimate of drug-likeness (QED) is 0.483. The van der Waals surface area contributed by atoms with Crippen molar-refractivity contribution in [1.82, 2.24) is 56.2 Å². The zero-order chi connectivity index (χ0) is 16.9. The molecule has 122 valence electrons. The maximum atomic E-state index is 3.88. The van der Waals surface area contributed by atoms with Gasteiger partial charge in [0.25, 0.3) is 0 Å². The monoisotopic (exact) mass is 317 g/mol. The highest BCUT2D eigenvalue weighted by atomic mass is 15.5. The first kappa shape index (κ1) is 17.8. The maximum absolute atomic E-state index is 3.88. The molecule has 4 aromatic rings. The van der Waals surface area contributed by atoms with Gasteiger partial charge in [0.05, 0.1) is 0 Å². The molecular weight excluding hydrogens is 298 g/mol. The van der Waals surface area contributed by atoms with Crippen molar-refractivity contribution >= 4 is 11.0 Å². The second-order valence-electron chi connectivity index (χ2n) is 3.75. The molecule has 0 atom stereocenters. The van der Waals surface area contributed by atoms with Crippen LogP contribution in [0.25, 0.3) is 11.0 Å². The molecule has 0 unspecified atom stereocenters. The predicted molar refractivity (Wildman–Crippen MR) is 82.9 cm³/mol. The first-order valence-corrected chi connectivity index (χ1v) is 6.88. The molecule has 0 fully saturated rings. The lowest BCUT2D eigenvalue weighted by atomic mass is 10.3. The number of rotatable bonds is 0. The fraction of sp³-hybridized carbons (Fsp3) is 0.333. The number of nitrogens with zero attached hydrogens (tertiary/aromatic N) is 9. The number of tetrazole rings is 2. The second-order valence-corrected chi connectivity index (χ2v) is 3.75. The minimum Gasteiger partial charge on any atom is -0.236 e. The third kappa shape index (κ3) is 6.84.